The predicted octanol–water partition coefficient (Wildman–Crippen LogP) is 3.30. The summed E-state index contributed by atoms with van der Waals surface area (Å²) in [5, 5.41) is 9.31. The summed E-state index contributed by atoms with van der Waals surface area (Å²) in [6.45, 7) is 0. The van der Waals surface area contributed by atoms with Crippen LogP contribution in [0.25, 0.3) is 10.8 Å². The number of hydrogen-bond acceptors (Lipinski definition) is 3. The highest BCUT2D eigenvalue weighted by Gasteiger charge is 2.14. The van der Waals surface area contributed by atoms with Gasteiger partial charge in [0.25, 0.3) is 10.5 Å². The van der Waals surface area contributed by atoms with E-state index in [4.69, 9.17) is 23.2 Å². The number of phenolic OH excluding ortho intramolecular Hbond substituents is 1. The van der Waals surface area contributed by atoms with Crippen LogP contribution in [0.4, 0.5) is 0 Å². The van der Waals surface area contributed by atoms with Crippen molar-refractivity contribution in [1.82, 2.24) is 0 Å². The van der Waals surface area contributed by atoms with Crippen LogP contribution >= 0.6 is 23.2 Å². The Bertz CT molecular complexity index is 635. The Morgan fingerprint density at radius 1 is 1.00 bits per heavy atom. The van der Waals surface area contributed by atoms with E-state index in [0.29, 0.717) is 16.3 Å². The maximum absolute atomic E-state index is 11.2. The molecule has 0 radical (unpaired) electrons. The molecule has 86 valence electrons. The van der Waals surface area contributed by atoms with Gasteiger partial charge >= 0.3 is 0 Å². The Labute approximate surface area is 107 Å². The average Bonchev–Trinajstić information content (AvgIpc) is 2.27. The zero-order chi connectivity index (χ0) is 12.6. The zero-order valence-corrected chi connectivity index (χ0v) is 9.92. The van der Waals surface area contributed by atoms with Gasteiger partial charge in [-0.25, -0.2) is 0 Å². The number of phenols is 1. The van der Waals surface area contributed by atoms with Crippen LogP contribution in [-0.4, -0.2) is 15.6 Å². The smallest absolute Gasteiger partial charge is 0.256 e. The quantitative estimate of drug-likeness (QED) is 0.851. The lowest BCUT2D eigenvalue weighted by Gasteiger charge is -2.05. The van der Waals surface area contributed by atoms with Gasteiger partial charge in [-0.1, -0.05) is 12.1 Å². The van der Waals surface area contributed by atoms with Crippen molar-refractivity contribution in [3.8, 4) is 5.75 Å². The molecular formula is C12H6Cl2O3. The highest BCUT2D eigenvalue weighted by Crippen LogP contribution is 2.29. The van der Waals surface area contributed by atoms with Crippen molar-refractivity contribution < 1.29 is 14.7 Å². The topological polar surface area (TPSA) is 54.4 Å². The molecule has 5 heteroatoms. The lowest BCUT2D eigenvalue weighted by atomic mass is 10.0. The molecule has 0 atom stereocenters. The van der Waals surface area contributed by atoms with E-state index >= 15 is 0 Å². The first-order valence-corrected chi connectivity index (χ1v) is 5.41. The van der Waals surface area contributed by atoms with Crippen LogP contribution in [0, 0.1) is 0 Å². The van der Waals surface area contributed by atoms with Gasteiger partial charge in [-0.15, -0.1) is 0 Å². The Balaban J connectivity index is 2.79. The largest absolute Gasteiger partial charge is 0.507 e. The Morgan fingerprint density at radius 2 is 1.71 bits per heavy atom. The first-order valence-electron chi connectivity index (χ1n) is 4.66. The Hall–Kier alpha value is -1.58. The second-order valence-corrected chi connectivity index (χ2v) is 4.13. The third-order valence-corrected chi connectivity index (χ3v) is 2.83. The first-order chi connectivity index (χ1) is 8.00. The molecule has 0 aromatic heterocycles. The summed E-state index contributed by atoms with van der Waals surface area (Å²) in [6, 6.07) is 7.46. The van der Waals surface area contributed by atoms with E-state index in [1.165, 1.54) is 24.3 Å². The van der Waals surface area contributed by atoms with Crippen molar-refractivity contribution >= 4 is 44.5 Å². The van der Waals surface area contributed by atoms with Gasteiger partial charge in [-0.05, 0) is 52.2 Å². The second kappa shape index (κ2) is 4.35. The molecule has 2 aromatic carbocycles. The second-order valence-electron chi connectivity index (χ2n) is 3.44. The summed E-state index contributed by atoms with van der Waals surface area (Å²) in [5.41, 5.74) is 0.343. The molecule has 0 aliphatic heterocycles. The monoisotopic (exact) mass is 268 g/mol. The summed E-state index contributed by atoms with van der Waals surface area (Å²) in [4.78, 5) is 22.2. The molecule has 0 amide bonds. The molecule has 0 spiro atoms. The van der Waals surface area contributed by atoms with Crippen LogP contribution < -0.4 is 0 Å². The molecule has 0 saturated carbocycles. The third-order valence-electron chi connectivity index (χ3n) is 2.42. The fraction of sp³-hybridized carbons (Fsp3) is 0. The van der Waals surface area contributed by atoms with Gasteiger partial charge in [0.05, 0.1) is 5.56 Å². The standard InChI is InChI=1S/C12H6Cl2O3/c13-11(16)7-1-3-8-6(5-7)2-4-9(15)10(8)12(14)17/h1-5,15H. The Morgan fingerprint density at radius 3 is 2.29 bits per heavy atom. The molecule has 0 fully saturated rings. The van der Waals surface area contributed by atoms with Crippen LogP contribution in [0.5, 0.6) is 5.75 Å². The fourth-order valence-electron chi connectivity index (χ4n) is 1.65. The number of aromatic hydroxyl groups is 1. The molecular weight excluding hydrogens is 263 g/mol. The van der Waals surface area contributed by atoms with Gasteiger partial charge in [0.1, 0.15) is 5.75 Å². The minimum atomic E-state index is -0.752. The van der Waals surface area contributed by atoms with E-state index in [9.17, 15) is 14.7 Å². The lowest BCUT2D eigenvalue weighted by Crippen LogP contribution is -1.94. The maximum Gasteiger partial charge on any atom is 0.256 e. The number of fused-ring (bicyclic) bond motifs is 1. The minimum Gasteiger partial charge on any atom is -0.507 e. The van der Waals surface area contributed by atoms with Crippen LogP contribution in [-0.2, 0) is 0 Å². The molecule has 1 N–H and O–H groups in total. The van der Waals surface area contributed by atoms with E-state index in [1.807, 2.05) is 0 Å². The van der Waals surface area contributed by atoms with Crippen molar-refractivity contribution in [3.63, 3.8) is 0 Å². The number of carbonyl (C=O) groups excluding carboxylic acids is 2. The lowest BCUT2D eigenvalue weighted by molar-refractivity contribution is 0.107. The van der Waals surface area contributed by atoms with E-state index < -0.39 is 10.5 Å². The van der Waals surface area contributed by atoms with E-state index in [-0.39, 0.29) is 11.3 Å². The van der Waals surface area contributed by atoms with Crippen molar-refractivity contribution in [1.29, 1.82) is 0 Å². The van der Waals surface area contributed by atoms with Gasteiger partial charge in [0.15, 0.2) is 0 Å². The number of rotatable bonds is 2. The Kier molecular flexibility index (Phi) is 3.05. The first kappa shape index (κ1) is 11.9. The zero-order valence-electron chi connectivity index (χ0n) is 8.41. The molecule has 0 saturated heterocycles. The highest BCUT2D eigenvalue weighted by atomic mass is 35.5. The molecule has 0 heterocycles. The molecule has 17 heavy (non-hydrogen) atoms. The number of hydrogen-bond donors (Lipinski definition) is 1. The van der Waals surface area contributed by atoms with Gasteiger partial charge in [-0.3, -0.25) is 9.59 Å². The molecule has 2 aromatic rings. The number of carbonyl (C=O) groups is 2. The SMILES string of the molecule is O=C(Cl)c1ccc2c(C(=O)Cl)c(O)ccc2c1. The van der Waals surface area contributed by atoms with E-state index in [2.05, 4.69) is 0 Å². The van der Waals surface area contributed by atoms with Crippen LogP contribution in [0.3, 0.4) is 0 Å². The van der Waals surface area contributed by atoms with Crippen molar-refractivity contribution in [2.75, 3.05) is 0 Å². The average molecular weight is 269 g/mol. The minimum absolute atomic E-state index is 0.0257. The molecule has 0 bridgehead atoms. The van der Waals surface area contributed by atoms with Crippen molar-refractivity contribution in [2.45, 2.75) is 0 Å². The van der Waals surface area contributed by atoms with Crippen molar-refractivity contribution in [3.05, 3.63) is 41.5 Å². The summed E-state index contributed by atoms with van der Waals surface area (Å²) in [5.74, 6) is -0.192. The summed E-state index contributed by atoms with van der Waals surface area (Å²) in [7, 11) is 0. The normalized spacial score (nSPS) is 10.5. The number of halogens is 2. The van der Waals surface area contributed by atoms with Crippen molar-refractivity contribution in [2.24, 2.45) is 0 Å². The van der Waals surface area contributed by atoms with Gasteiger partial charge < -0.3 is 5.11 Å². The molecule has 0 aliphatic rings. The molecule has 0 unspecified atom stereocenters. The van der Waals surface area contributed by atoms with Crippen LogP contribution in [0.15, 0.2) is 30.3 Å². The maximum atomic E-state index is 11.2. The summed E-state index contributed by atoms with van der Waals surface area (Å²) in [6.07, 6.45) is 0. The fourth-order valence-corrected chi connectivity index (χ4v) is 1.96. The van der Waals surface area contributed by atoms with E-state index in [0.717, 1.165) is 0 Å². The van der Waals surface area contributed by atoms with Crippen LogP contribution in [0.2, 0.25) is 0 Å². The molecule has 3 nitrogen and oxygen atoms in total. The van der Waals surface area contributed by atoms with Gasteiger partial charge in [0.2, 0.25) is 0 Å². The highest BCUT2D eigenvalue weighted by molar-refractivity contribution is 6.69. The van der Waals surface area contributed by atoms with Crippen LogP contribution in [0.1, 0.15) is 20.7 Å². The van der Waals surface area contributed by atoms with Gasteiger partial charge in [-0.2, -0.15) is 0 Å². The molecule has 0 aliphatic carbocycles. The molecule has 2 rings (SSSR count). The number of benzene rings is 2. The predicted molar refractivity (Wildman–Crippen MR) is 66.0 cm³/mol. The third kappa shape index (κ3) is 2.12. The summed E-state index contributed by atoms with van der Waals surface area (Å²) >= 11 is 10.8. The van der Waals surface area contributed by atoms with Gasteiger partial charge in [0, 0.05) is 5.56 Å². The van der Waals surface area contributed by atoms with E-state index in [1.54, 1.807) is 6.07 Å². The summed E-state index contributed by atoms with van der Waals surface area (Å²) < 4.78 is 0.